The van der Waals surface area contributed by atoms with Crippen molar-refractivity contribution in [2.24, 2.45) is 0 Å². The van der Waals surface area contributed by atoms with E-state index < -0.39 is 5.91 Å². The average Bonchev–Trinajstić information content (AvgIpc) is 3.34. The Labute approximate surface area is 143 Å². The molecule has 3 aromatic heterocycles. The van der Waals surface area contributed by atoms with E-state index in [-0.39, 0.29) is 11.5 Å². The van der Waals surface area contributed by atoms with Gasteiger partial charge >= 0.3 is 0 Å². The number of nitrogens with one attached hydrogen (secondary N) is 2. The van der Waals surface area contributed by atoms with Crippen molar-refractivity contribution in [1.29, 1.82) is 0 Å². The largest absolute Gasteiger partial charge is 0.441 e. The summed E-state index contributed by atoms with van der Waals surface area (Å²) in [5, 5.41) is 9.90. The summed E-state index contributed by atoms with van der Waals surface area (Å²) >= 11 is 0. The molecule has 9 nitrogen and oxygen atoms in total. The summed E-state index contributed by atoms with van der Waals surface area (Å²) < 4.78 is 10.1. The second kappa shape index (κ2) is 6.73. The lowest BCUT2D eigenvalue weighted by atomic mass is 10.2. The van der Waals surface area contributed by atoms with Crippen LogP contribution in [0.4, 0.5) is 11.5 Å². The Kier molecular flexibility index (Phi) is 4.13. The molecule has 1 saturated heterocycles. The van der Waals surface area contributed by atoms with Crippen LogP contribution in [0.15, 0.2) is 46.0 Å². The number of oxazole rings is 1. The minimum Gasteiger partial charge on any atom is -0.441 e. The quantitative estimate of drug-likeness (QED) is 0.733. The molecule has 4 heterocycles. The number of carbonyl (C=O) groups excluding carboxylic acids is 1. The maximum atomic E-state index is 12.7. The fourth-order valence-electron chi connectivity index (χ4n) is 2.74. The smallest absolute Gasteiger partial charge is 0.279 e. The monoisotopic (exact) mass is 340 g/mol. The number of rotatable bonds is 4. The van der Waals surface area contributed by atoms with E-state index in [1.165, 1.54) is 12.7 Å². The van der Waals surface area contributed by atoms with Crippen LogP contribution in [0.3, 0.4) is 0 Å². The summed E-state index contributed by atoms with van der Waals surface area (Å²) in [6.07, 6.45) is 4.25. The first-order valence-corrected chi connectivity index (χ1v) is 7.89. The molecular formula is C16H16N6O3. The molecule has 0 bridgehead atoms. The first-order chi connectivity index (χ1) is 12.3. The number of nitrogens with zero attached hydrogens (tertiary/aromatic N) is 4. The average molecular weight is 340 g/mol. The first-order valence-electron chi connectivity index (χ1n) is 7.89. The van der Waals surface area contributed by atoms with E-state index in [0.717, 1.165) is 31.9 Å². The Morgan fingerprint density at radius 1 is 1.24 bits per heavy atom. The molecule has 1 aliphatic rings. The van der Waals surface area contributed by atoms with Gasteiger partial charge in [0.25, 0.3) is 5.91 Å². The Hall–Kier alpha value is -3.20. The van der Waals surface area contributed by atoms with E-state index >= 15 is 0 Å². The van der Waals surface area contributed by atoms with Gasteiger partial charge in [0.1, 0.15) is 6.26 Å². The molecule has 4 rings (SSSR count). The van der Waals surface area contributed by atoms with Gasteiger partial charge in [-0.3, -0.25) is 4.79 Å². The topological polar surface area (TPSA) is 109 Å². The van der Waals surface area contributed by atoms with E-state index in [1.54, 1.807) is 12.3 Å². The van der Waals surface area contributed by atoms with Gasteiger partial charge in [-0.15, -0.1) is 0 Å². The van der Waals surface area contributed by atoms with Crippen molar-refractivity contribution in [2.45, 2.75) is 0 Å². The summed E-state index contributed by atoms with van der Waals surface area (Å²) in [7, 11) is 0. The SMILES string of the molecule is O=C(Nc1ncccc1N1CCNCC1)c1ncoc1-c1ccon1. The zero-order chi connectivity index (χ0) is 17.1. The fraction of sp³-hybridized carbons (Fsp3) is 0.250. The Morgan fingerprint density at radius 3 is 2.92 bits per heavy atom. The zero-order valence-corrected chi connectivity index (χ0v) is 13.3. The molecule has 0 spiro atoms. The maximum absolute atomic E-state index is 12.7. The number of hydrogen-bond acceptors (Lipinski definition) is 8. The van der Waals surface area contributed by atoms with Crippen LogP contribution in [-0.2, 0) is 0 Å². The molecule has 1 fully saturated rings. The minimum atomic E-state index is -0.415. The van der Waals surface area contributed by atoms with Gasteiger partial charge in [-0.2, -0.15) is 0 Å². The summed E-state index contributed by atoms with van der Waals surface area (Å²) in [6, 6.07) is 5.39. The van der Waals surface area contributed by atoms with Gasteiger partial charge < -0.3 is 24.5 Å². The molecule has 0 unspecified atom stereocenters. The summed E-state index contributed by atoms with van der Waals surface area (Å²) in [6.45, 7) is 3.48. The number of hydrogen-bond donors (Lipinski definition) is 2. The highest BCUT2D eigenvalue weighted by atomic mass is 16.5. The number of aromatic nitrogens is 3. The van der Waals surface area contributed by atoms with Crippen LogP contribution in [0, 0.1) is 0 Å². The molecule has 3 aromatic rings. The Bertz CT molecular complexity index is 854. The Balaban J connectivity index is 1.59. The highest BCUT2D eigenvalue weighted by molar-refractivity contribution is 6.07. The summed E-state index contributed by atoms with van der Waals surface area (Å²) in [4.78, 5) is 23.2. The van der Waals surface area contributed by atoms with Gasteiger partial charge in [-0.25, -0.2) is 9.97 Å². The third-order valence-electron chi connectivity index (χ3n) is 3.93. The molecule has 9 heteroatoms. The van der Waals surface area contributed by atoms with Crippen molar-refractivity contribution in [3.63, 3.8) is 0 Å². The second-order valence-electron chi connectivity index (χ2n) is 5.48. The van der Waals surface area contributed by atoms with Crippen LogP contribution < -0.4 is 15.5 Å². The third kappa shape index (κ3) is 3.09. The standard InChI is InChI=1S/C16H16N6O3/c23-16(13-14(24-10-19-13)11-3-9-25-21-11)20-15-12(2-1-4-18-15)22-7-5-17-6-8-22/h1-4,9-10,17H,5-8H2,(H,18,20,23). The van der Waals surface area contributed by atoms with E-state index in [2.05, 4.69) is 30.7 Å². The predicted molar refractivity (Wildman–Crippen MR) is 89.3 cm³/mol. The molecule has 0 atom stereocenters. The lowest BCUT2D eigenvalue weighted by Gasteiger charge is -2.30. The van der Waals surface area contributed by atoms with E-state index in [9.17, 15) is 4.79 Å². The van der Waals surface area contributed by atoms with E-state index in [4.69, 9.17) is 8.94 Å². The minimum absolute atomic E-state index is 0.130. The lowest BCUT2D eigenvalue weighted by molar-refractivity contribution is 0.102. The number of carbonyl (C=O) groups is 1. The van der Waals surface area contributed by atoms with Crippen LogP contribution in [0.5, 0.6) is 0 Å². The van der Waals surface area contributed by atoms with Gasteiger partial charge in [0, 0.05) is 38.4 Å². The highest BCUT2D eigenvalue weighted by Crippen LogP contribution is 2.26. The van der Waals surface area contributed by atoms with Crippen molar-refractivity contribution >= 4 is 17.4 Å². The molecular weight excluding hydrogens is 324 g/mol. The van der Waals surface area contributed by atoms with Crippen LogP contribution in [0.1, 0.15) is 10.5 Å². The van der Waals surface area contributed by atoms with Gasteiger partial charge in [0.05, 0.1) is 5.69 Å². The number of anilines is 2. The molecule has 25 heavy (non-hydrogen) atoms. The number of amides is 1. The van der Waals surface area contributed by atoms with Crippen molar-refractivity contribution < 1.29 is 13.7 Å². The molecule has 0 aromatic carbocycles. The molecule has 1 aliphatic heterocycles. The van der Waals surface area contributed by atoms with Crippen molar-refractivity contribution in [2.75, 3.05) is 36.4 Å². The van der Waals surface area contributed by atoms with Gasteiger partial charge in [-0.05, 0) is 12.1 Å². The summed E-state index contributed by atoms with van der Waals surface area (Å²) in [5.41, 5.74) is 1.42. The predicted octanol–water partition coefficient (Wildman–Crippen LogP) is 1.39. The van der Waals surface area contributed by atoms with E-state index in [0.29, 0.717) is 11.5 Å². The maximum Gasteiger partial charge on any atom is 0.279 e. The van der Waals surface area contributed by atoms with Crippen LogP contribution in [0.25, 0.3) is 11.5 Å². The fourth-order valence-corrected chi connectivity index (χ4v) is 2.74. The lowest BCUT2D eigenvalue weighted by Crippen LogP contribution is -2.43. The molecule has 0 radical (unpaired) electrons. The first kappa shape index (κ1) is 15.3. The zero-order valence-electron chi connectivity index (χ0n) is 13.3. The van der Waals surface area contributed by atoms with E-state index in [1.807, 2.05) is 12.1 Å². The number of pyridine rings is 1. The molecule has 2 N–H and O–H groups in total. The van der Waals surface area contributed by atoms with Gasteiger partial charge in [0.2, 0.25) is 0 Å². The van der Waals surface area contributed by atoms with Crippen LogP contribution in [-0.4, -0.2) is 47.2 Å². The van der Waals surface area contributed by atoms with Crippen molar-refractivity contribution in [1.82, 2.24) is 20.4 Å². The number of piperazine rings is 1. The van der Waals surface area contributed by atoms with Gasteiger partial charge in [0.15, 0.2) is 29.4 Å². The van der Waals surface area contributed by atoms with Crippen molar-refractivity contribution in [3.8, 4) is 11.5 Å². The molecule has 0 saturated carbocycles. The van der Waals surface area contributed by atoms with Gasteiger partial charge in [-0.1, -0.05) is 5.16 Å². The normalized spacial score (nSPS) is 14.5. The Morgan fingerprint density at radius 2 is 2.12 bits per heavy atom. The summed E-state index contributed by atoms with van der Waals surface area (Å²) in [5.74, 6) is 0.330. The molecule has 128 valence electrons. The van der Waals surface area contributed by atoms with Crippen LogP contribution in [0.2, 0.25) is 0 Å². The van der Waals surface area contributed by atoms with Crippen LogP contribution >= 0.6 is 0 Å². The second-order valence-corrected chi connectivity index (χ2v) is 5.48. The highest BCUT2D eigenvalue weighted by Gasteiger charge is 2.22. The molecule has 1 amide bonds. The van der Waals surface area contributed by atoms with Crippen molar-refractivity contribution in [3.05, 3.63) is 42.7 Å². The third-order valence-corrected chi connectivity index (χ3v) is 3.93. The molecule has 0 aliphatic carbocycles.